The van der Waals surface area contributed by atoms with Gasteiger partial charge in [0.2, 0.25) is 5.88 Å². The minimum absolute atomic E-state index is 0.0338. The van der Waals surface area contributed by atoms with Crippen molar-refractivity contribution in [1.29, 1.82) is 0 Å². The molecule has 0 aliphatic rings. The van der Waals surface area contributed by atoms with Crippen molar-refractivity contribution in [3.63, 3.8) is 0 Å². The molecule has 0 unspecified atom stereocenters. The van der Waals surface area contributed by atoms with E-state index in [9.17, 15) is 8.42 Å². The predicted molar refractivity (Wildman–Crippen MR) is 125 cm³/mol. The molecule has 11 heteroatoms. The van der Waals surface area contributed by atoms with E-state index in [4.69, 9.17) is 14.2 Å². The summed E-state index contributed by atoms with van der Waals surface area (Å²) in [6, 6.07) is 12.7. The van der Waals surface area contributed by atoms with E-state index in [1.54, 1.807) is 55.7 Å². The Balaban J connectivity index is 1.53. The minimum Gasteiger partial charge on any atom is -0.497 e. The van der Waals surface area contributed by atoms with Gasteiger partial charge in [-0.25, -0.2) is 18.4 Å². The molecule has 0 amide bonds. The first-order valence-electron chi connectivity index (χ1n) is 10.2. The fraction of sp³-hybridized carbons (Fsp3) is 0.174. The van der Waals surface area contributed by atoms with E-state index >= 15 is 0 Å². The number of aromatic nitrogens is 4. The van der Waals surface area contributed by atoms with Gasteiger partial charge in [-0.1, -0.05) is 0 Å². The molecule has 10 nitrogen and oxygen atoms in total. The summed E-state index contributed by atoms with van der Waals surface area (Å²) in [5.41, 5.74) is 0.353. The van der Waals surface area contributed by atoms with Crippen LogP contribution in [0.25, 0.3) is 5.82 Å². The molecule has 0 fully saturated rings. The smallest absolute Gasteiger partial charge is 0.265 e. The van der Waals surface area contributed by atoms with E-state index in [0.717, 1.165) is 5.82 Å². The van der Waals surface area contributed by atoms with E-state index in [1.165, 1.54) is 26.4 Å². The zero-order chi connectivity index (χ0) is 24.3. The molecular weight excluding hydrogens is 458 g/mol. The third-order valence-corrected chi connectivity index (χ3v) is 6.27. The minimum atomic E-state index is -3.93. The molecule has 0 saturated heterocycles. The van der Waals surface area contributed by atoms with Crippen molar-refractivity contribution in [3.8, 4) is 28.9 Å². The number of sulfonamides is 1. The predicted octanol–water partition coefficient (Wildman–Crippen LogP) is 3.89. The van der Waals surface area contributed by atoms with Crippen LogP contribution in [0, 0.1) is 13.8 Å². The number of benzene rings is 2. The Morgan fingerprint density at radius 1 is 0.912 bits per heavy atom. The molecule has 0 aliphatic heterocycles. The molecule has 0 saturated carbocycles. The lowest BCUT2D eigenvalue weighted by molar-refractivity contribution is 0.392. The van der Waals surface area contributed by atoms with Crippen molar-refractivity contribution in [2.24, 2.45) is 0 Å². The van der Waals surface area contributed by atoms with Crippen molar-refractivity contribution in [2.75, 3.05) is 18.9 Å². The molecule has 34 heavy (non-hydrogen) atoms. The molecule has 2 heterocycles. The number of hydrogen-bond acceptors (Lipinski definition) is 8. The Morgan fingerprint density at radius 3 is 2.29 bits per heavy atom. The molecule has 0 atom stereocenters. The highest BCUT2D eigenvalue weighted by Crippen LogP contribution is 2.30. The lowest BCUT2D eigenvalue weighted by Gasteiger charge is -2.13. The average Bonchev–Trinajstić information content (AvgIpc) is 3.25. The Bertz CT molecular complexity index is 1420. The van der Waals surface area contributed by atoms with Crippen LogP contribution in [0.1, 0.15) is 11.6 Å². The van der Waals surface area contributed by atoms with Gasteiger partial charge in [0.05, 0.1) is 14.2 Å². The Morgan fingerprint density at radius 2 is 1.65 bits per heavy atom. The monoisotopic (exact) mass is 481 g/mol. The van der Waals surface area contributed by atoms with Gasteiger partial charge in [-0.15, -0.1) is 0 Å². The first-order chi connectivity index (χ1) is 16.3. The van der Waals surface area contributed by atoms with Gasteiger partial charge in [0.25, 0.3) is 10.0 Å². The molecule has 2 aromatic heterocycles. The summed E-state index contributed by atoms with van der Waals surface area (Å²) >= 11 is 0. The Kier molecular flexibility index (Phi) is 6.37. The molecule has 2 aromatic carbocycles. The number of aryl methyl sites for hydroxylation is 2. The molecule has 4 rings (SSSR count). The maximum absolute atomic E-state index is 12.9. The highest BCUT2D eigenvalue weighted by atomic mass is 32.2. The highest BCUT2D eigenvalue weighted by molar-refractivity contribution is 7.92. The summed E-state index contributed by atoms with van der Waals surface area (Å²) in [5.74, 6) is 3.39. The van der Waals surface area contributed by atoms with Crippen LogP contribution in [0.5, 0.6) is 23.1 Å². The summed E-state index contributed by atoms with van der Waals surface area (Å²) < 4.78 is 46.5. The third kappa shape index (κ3) is 4.94. The van der Waals surface area contributed by atoms with E-state index in [0.29, 0.717) is 34.7 Å². The number of methoxy groups -OCH3 is 2. The number of nitrogens with zero attached hydrogens (tertiary/aromatic N) is 4. The van der Waals surface area contributed by atoms with Crippen LogP contribution in [-0.4, -0.2) is 42.2 Å². The van der Waals surface area contributed by atoms with Crippen molar-refractivity contribution in [3.05, 3.63) is 72.6 Å². The van der Waals surface area contributed by atoms with Crippen molar-refractivity contribution >= 4 is 15.7 Å². The maximum Gasteiger partial charge on any atom is 0.265 e. The van der Waals surface area contributed by atoms with Crippen LogP contribution >= 0.6 is 0 Å². The summed E-state index contributed by atoms with van der Waals surface area (Å²) in [7, 11) is -1.06. The van der Waals surface area contributed by atoms with Crippen molar-refractivity contribution < 1.29 is 22.6 Å². The normalized spacial score (nSPS) is 11.2. The SMILES string of the molecule is COc1ccc(OC)c(S(=O)(=O)Nc2ccc(Oc3cc(-n4ccnc4C)nc(C)n3)cc2)c1. The quantitative estimate of drug-likeness (QED) is 0.403. The van der Waals surface area contributed by atoms with Crippen LogP contribution < -0.4 is 18.9 Å². The zero-order valence-corrected chi connectivity index (χ0v) is 19.8. The van der Waals surface area contributed by atoms with E-state index in [2.05, 4.69) is 19.7 Å². The summed E-state index contributed by atoms with van der Waals surface area (Å²) in [4.78, 5) is 12.9. The number of rotatable bonds is 8. The standard InChI is InChI=1S/C23H23N5O5S/c1-15-25-22(28-12-11-24-16(28)2)14-23(26-15)33-18-7-5-17(6-8-18)27-34(29,30)21-13-19(31-3)9-10-20(21)32-4/h5-14,27H,1-4H3. The summed E-state index contributed by atoms with van der Waals surface area (Å²) in [6.07, 6.45) is 3.49. The Hall–Kier alpha value is -4.12. The fourth-order valence-electron chi connectivity index (χ4n) is 3.24. The van der Waals surface area contributed by atoms with E-state index < -0.39 is 10.0 Å². The Labute approximate surface area is 197 Å². The lowest BCUT2D eigenvalue weighted by Crippen LogP contribution is -2.14. The molecule has 176 valence electrons. The number of nitrogens with one attached hydrogen (secondary N) is 1. The zero-order valence-electron chi connectivity index (χ0n) is 19.0. The molecule has 4 aromatic rings. The highest BCUT2D eigenvalue weighted by Gasteiger charge is 2.21. The molecule has 0 radical (unpaired) electrons. The summed E-state index contributed by atoms with van der Waals surface area (Å²) in [5, 5.41) is 0. The molecule has 0 bridgehead atoms. The van der Waals surface area contributed by atoms with Gasteiger partial charge in [-0.3, -0.25) is 9.29 Å². The second kappa shape index (κ2) is 9.40. The maximum atomic E-state index is 12.9. The average molecular weight is 482 g/mol. The third-order valence-electron chi connectivity index (χ3n) is 4.86. The van der Waals surface area contributed by atoms with Gasteiger partial charge < -0.3 is 14.2 Å². The van der Waals surface area contributed by atoms with E-state index in [-0.39, 0.29) is 10.6 Å². The number of hydrogen-bond donors (Lipinski definition) is 1. The van der Waals surface area contributed by atoms with Gasteiger partial charge in [-0.2, -0.15) is 4.98 Å². The van der Waals surface area contributed by atoms with Crippen LogP contribution in [0.3, 0.4) is 0 Å². The van der Waals surface area contributed by atoms with Gasteiger partial charge in [0.1, 0.15) is 39.6 Å². The second-order valence-electron chi connectivity index (χ2n) is 7.20. The van der Waals surface area contributed by atoms with Gasteiger partial charge in [-0.05, 0) is 50.2 Å². The van der Waals surface area contributed by atoms with Gasteiger partial charge in [0.15, 0.2) is 0 Å². The first-order valence-corrected chi connectivity index (χ1v) is 11.7. The van der Waals surface area contributed by atoms with Crippen LogP contribution in [-0.2, 0) is 10.0 Å². The van der Waals surface area contributed by atoms with Crippen LogP contribution in [0.2, 0.25) is 0 Å². The van der Waals surface area contributed by atoms with Gasteiger partial charge >= 0.3 is 0 Å². The summed E-state index contributed by atoms with van der Waals surface area (Å²) in [6.45, 7) is 3.65. The van der Waals surface area contributed by atoms with Crippen LogP contribution in [0.15, 0.2) is 65.8 Å². The number of ether oxygens (including phenoxy) is 3. The number of anilines is 1. The van der Waals surface area contributed by atoms with Crippen molar-refractivity contribution in [2.45, 2.75) is 18.7 Å². The molecule has 1 N–H and O–H groups in total. The topological polar surface area (TPSA) is 117 Å². The van der Waals surface area contributed by atoms with E-state index in [1.807, 2.05) is 11.5 Å². The van der Waals surface area contributed by atoms with Crippen molar-refractivity contribution in [1.82, 2.24) is 19.5 Å². The fourth-order valence-corrected chi connectivity index (χ4v) is 4.48. The lowest BCUT2D eigenvalue weighted by atomic mass is 10.3. The second-order valence-corrected chi connectivity index (χ2v) is 8.86. The first kappa shape index (κ1) is 23.1. The molecule has 0 spiro atoms. The van der Waals surface area contributed by atoms with Crippen LogP contribution in [0.4, 0.5) is 5.69 Å². The molecule has 0 aliphatic carbocycles. The molecular formula is C23H23N5O5S. The largest absolute Gasteiger partial charge is 0.497 e. The van der Waals surface area contributed by atoms with Gasteiger partial charge in [0, 0.05) is 30.2 Å². The number of imidazole rings is 1.